The molecule has 0 spiro atoms. The van der Waals surface area contributed by atoms with Gasteiger partial charge in [0.25, 0.3) is 5.56 Å². The molecule has 0 aliphatic carbocycles. The molecule has 0 bridgehead atoms. The van der Waals surface area contributed by atoms with Crippen LogP contribution in [0.3, 0.4) is 0 Å². The average molecular weight is 294 g/mol. The molecule has 108 valence electrons. The molecular formula is C15H20ClN3O. The SMILES string of the molecule is CC[C@@H](NCC(C)C)c1nc2cc(Cl)ccc2c(=O)[nH]1. The summed E-state index contributed by atoms with van der Waals surface area (Å²) in [7, 11) is 0. The fourth-order valence-electron chi connectivity index (χ4n) is 2.11. The van der Waals surface area contributed by atoms with Crippen LogP contribution in [0.1, 0.15) is 39.1 Å². The highest BCUT2D eigenvalue weighted by molar-refractivity contribution is 6.31. The first-order chi connectivity index (χ1) is 9.51. The zero-order valence-electron chi connectivity index (χ0n) is 12.0. The van der Waals surface area contributed by atoms with E-state index in [1.807, 2.05) is 0 Å². The molecule has 0 radical (unpaired) electrons. The lowest BCUT2D eigenvalue weighted by molar-refractivity contribution is 0.449. The summed E-state index contributed by atoms with van der Waals surface area (Å²) >= 11 is 5.97. The van der Waals surface area contributed by atoms with Crippen molar-refractivity contribution in [2.45, 2.75) is 33.2 Å². The van der Waals surface area contributed by atoms with Gasteiger partial charge in [-0.1, -0.05) is 32.4 Å². The van der Waals surface area contributed by atoms with Gasteiger partial charge in [-0.2, -0.15) is 0 Å². The summed E-state index contributed by atoms with van der Waals surface area (Å²) < 4.78 is 0. The summed E-state index contributed by atoms with van der Waals surface area (Å²) in [6.07, 6.45) is 0.863. The van der Waals surface area contributed by atoms with Crippen LogP contribution >= 0.6 is 11.6 Å². The number of hydrogen-bond donors (Lipinski definition) is 2. The number of hydrogen-bond acceptors (Lipinski definition) is 3. The van der Waals surface area contributed by atoms with Gasteiger partial charge in [-0.05, 0) is 37.1 Å². The number of halogens is 1. The number of benzene rings is 1. The van der Waals surface area contributed by atoms with Crippen molar-refractivity contribution in [2.75, 3.05) is 6.54 Å². The Kier molecular flexibility index (Phi) is 4.78. The van der Waals surface area contributed by atoms with E-state index in [9.17, 15) is 4.79 Å². The first-order valence-corrected chi connectivity index (χ1v) is 7.32. The lowest BCUT2D eigenvalue weighted by Crippen LogP contribution is -2.28. The van der Waals surface area contributed by atoms with Crippen molar-refractivity contribution < 1.29 is 0 Å². The normalized spacial score (nSPS) is 13.1. The van der Waals surface area contributed by atoms with Crippen molar-refractivity contribution in [2.24, 2.45) is 5.92 Å². The number of aromatic amines is 1. The maximum Gasteiger partial charge on any atom is 0.258 e. The largest absolute Gasteiger partial charge is 0.309 e. The van der Waals surface area contributed by atoms with Crippen LogP contribution in [0.5, 0.6) is 0 Å². The molecule has 5 heteroatoms. The second kappa shape index (κ2) is 6.37. The Morgan fingerprint density at radius 2 is 2.15 bits per heavy atom. The molecule has 0 saturated carbocycles. The number of nitrogens with one attached hydrogen (secondary N) is 2. The number of nitrogens with zero attached hydrogens (tertiary/aromatic N) is 1. The maximum atomic E-state index is 12.1. The van der Waals surface area contributed by atoms with E-state index in [1.165, 1.54) is 0 Å². The molecule has 20 heavy (non-hydrogen) atoms. The van der Waals surface area contributed by atoms with Gasteiger partial charge < -0.3 is 10.3 Å². The van der Waals surface area contributed by atoms with Gasteiger partial charge in [0.2, 0.25) is 0 Å². The van der Waals surface area contributed by atoms with Crippen molar-refractivity contribution >= 4 is 22.5 Å². The van der Waals surface area contributed by atoms with Crippen LogP contribution < -0.4 is 10.9 Å². The number of rotatable bonds is 5. The molecule has 2 rings (SSSR count). The Hall–Kier alpha value is -1.39. The van der Waals surface area contributed by atoms with Crippen molar-refractivity contribution in [3.63, 3.8) is 0 Å². The van der Waals surface area contributed by atoms with E-state index in [0.717, 1.165) is 13.0 Å². The first-order valence-electron chi connectivity index (χ1n) is 6.94. The number of H-pyrrole nitrogens is 1. The molecule has 2 aromatic rings. The second-order valence-electron chi connectivity index (χ2n) is 5.38. The van der Waals surface area contributed by atoms with E-state index in [0.29, 0.717) is 27.7 Å². The average Bonchev–Trinajstić information content (AvgIpc) is 2.38. The smallest absolute Gasteiger partial charge is 0.258 e. The molecule has 0 amide bonds. The third kappa shape index (κ3) is 3.38. The first kappa shape index (κ1) is 15.0. The quantitative estimate of drug-likeness (QED) is 0.889. The third-order valence-electron chi connectivity index (χ3n) is 3.20. The maximum absolute atomic E-state index is 12.1. The Morgan fingerprint density at radius 1 is 1.40 bits per heavy atom. The molecule has 2 N–H and O–H groups in total. The van der Waals surface area contributed by atoms with Crippen molar-refractivity contribution in [3.05, 3.63) is 39.4 Å². The van der Waals surface area contributed by atoms with Crippen LogP contribution in [-0.2, 0) is 0 Å². The summed E-state index contributed by atoms with van der Waals surface area (Å²) in [5.41, 5.74) is 0.521. The van der Waals surface area contributed by atoms with Crippen molar-refractivity contribution in [1.29, 1.82) is 0 Å². The van der Waals surface area contributed by atoms with E-state index in [4.69, 9.17) is 11.6 Å². The third-order valence-corrected chi connectivity index (χ3v) is 3.43. The Balaban J connectivity index is 2.40. The van der Waals surface area contributed by atoms with Gasteiger partial charge in [0.05, 0.1) is 16.9 Å². The van der Waals surface area contributed by atoms with Gasteiger partial charge in [-0.3, -0.25) is 4.79 Å². The standard InChI is InChI=1S/C15H20ClN3O/c1-4-12(17-8-9(2)3)14-18-13-7-10(16)5-6-11(13)15(20)19-14/h5-7,9,12,17H,4,8H2,1-3H3,(H,18,19,20)/t12-/m1/s1. The van der Waals surface area contributed by atoms with Crippen LogP contribution in [0.25, 0.3) is 10.9 Å². The van der Waals surface area contributed by atoms with E-state index in [-0.39, 0.29) is 11.6 Å². The predicted octanol–water partition coefficient (Wildman–Crippen LogP) is 3.27. The lowest BCUT2D eigenvalue weighted by Gasteiger charge is -2.18. The lowest BCUT2D eigenvalue weighted by atomic mass is 10.1. The Bertz CT molecular complexity index is 651. The van der Waals surface area contributed by atoms with E-state index < -0.39 is 0 Å². The van der Waals surface area contributed by atoms with Crippen molar-refractivity contribution in [3.8, 4) is 0 Å². The minimum absolute atomic E-state index is 0.0495. The topological polar surface area (TPSA) is 57.8 Å². The molecule has 1 aromatic carbocycles. The Morgan fingerprint density at radius 3 is 2.80 bits per heavy atom. The van der Waals surface area contributed by atoms with Crippen LogP contribution in [-0.4, -0.2) is 16.5 Å². The molecule has 1 atom stereocenters. The monoisotopic (exact) mass is 293 g/mol. The molecular weight excluding hydrogens is 274 g/mol. The van der Waals surface area contributed by atoms with Gasteiger partial charge >= 0.3 is 0 Å². The summed E-state index contributed by atoms with van der Waals surface area (Å²) in [6, 6.07) is 5.18. The molecule has 4 nitrogen and oxygen atoms in total. The number of fused-ring (bicyclic) bond motifs is 1. The summed E-state index contributed by atoms with van der Waals surface area (Å²) in [6.45, 7) is 7.25. The molecule has 0 saturated heterocycles. The van der Waals surface area contributed by atoms with Gasteiger partial charge in [-0.25, -0.2) is 4.98 Å². The minimum Gasteiger partial charge on any atom is -0.309 e. The van der Waals surface area contributed by atoms with Gasteiger partial charge in [-0.15, -0.1) is 0 Å². The van der Waals surface area contributed by atoms with Gasteiger partial charge in [0.1, 0.15) is 5.82 Å². The highest BCUT2D eigenvalue weighted by Crippen LogP contribution is 2.17. The summed E-state index contributed by atoms with van der Waals surface area (Å²) in [5.74, 6) is 1.22. The summed E-state index contributed by atoms with van der Waals surface area (Å²) in [5, 5.41) is 4.58. The molecule has 0 unspecified atom stereocenters. The fourth-order valence-corrected chi connectivity index (χ4v) is 2.27. The summed E-state index contributed by atoms with van der Waals surface area (Å²) in [4.78, 5) is 19.5. The van der Waals surface area contributed by atoms with Crippen LogP contribution in [0.2, 0.25) is 5.02 Å². The molecule has 1 heterocycles. The van der Waals surface area contributed by atoms with Gasteiger partial charge in [0, 0.05) is 5.02 Å². The van der Waals surface area contributed by atoms with E-state index >= 15 is 0 Å². The molecule has 1 aromatic heterocycles. The molecule has 0 aliphatic rings. The fraction of sp³-hybridized carbons (Fsp3) is 0.467. The van der Waals surface area contributed by atoms with Gasteiger partial charge in [0.15, 0.2) is 0 Å². The second-order valence-corrected chi connectivity index (χ2v) is 5.81. The highest BCUT2D eigenvalue weighted by atomic mass is 35.5. The van der Waals surface area contributed by atoms with Crippen LogP contribution in [0.4, 0.5) is 0 Å². The van der Waals surface area contributed by atoms with Crippen LogP contribution in [0.15, 0.2) is 23.0 Å². The van der Waals surface area contributed by atoms with E-state index in [1.54, 1.807) is 18.2 Å². The zero-order valence-corrected chi connectivity index (χ0v) is 12.8. The molecule has 0 fully saturated rings. The number of aromatic nitrogens is 2. The zero-order chi connectivity index (χ0) is 14.7. The van der Waals surface area contributed by atoms with E-state index in [2.05, 4.69) is 36.1 Å². The Labute approximate surface area is 123 Å². The van der Waals surface area contributed by atoms with Crippen molar-refractivity contribution in [1.82, 2.24) is 15.3 Å². The van der Waals surface area contributed by atoms with Crippen LogP contribution in [0, 0.1) is 5.92 Å². The highest BCUT2D eigenvalue weighted by Gasteiger charge is 2.14. The predicted molar refractivity (Wildman–Crippen MR) is 83.2 cm³/mol. The minimum atomic E-state index is -0.119. The molecule has 0 aliphatic heterocycles.